The minimum atomic E-state index is 0.740. The summed E-state index contributed by atoms with van der Waals surface area (Å²) in [4.78, 5) is 8.43. The van der Waals surface area contributed by atoms with E-state index in [1.807, 2.05) is 24.9 Å². The normalized spacial score (nSPS) is 11.0. The average Bonchev–Trinajstić information content (AvgIpc) is 2.98. The number of fused-ring (bicyclic) bond motifs is 1. The molecular formula is C11H13N7. The highest BCUT2D eigenvalue weighted by Gasteiger charge is 2.08. The number of hydrogen-bond donors (Lipinski definition) is 1. The van der Waals surface area contributed by atoms with Crippen LogP contribution in [-0.4, -0.2) is 29.5 Å². The number of anilines is 2. The summed E-state index contributed by atoms with van der Waals surface area (Å²) in [5.41, 5.74) is 1.70. The lowest BCUT2D eigenvalue weighted by atomic mass is 10.4. The van der Waals surface area contributed by atoms with E-state index in [0.717, 1.165) is 29.1 Å². The molecule has 3 aromatic heterocycles. The molecule has 3 rings (SSSR count). The van der Waals surface area contributed by atoms with Gasteiger partial charge in [-0.2, -0.15) is 10.2 Å². The Hall–Kier alpha value is -2.44. The van der Waals surface area contributed by atoms with E-state index < -0.39 is 0 Å². The van der Waals surface area contributed by atoms with Gasteiger partial charge < -0.3 is 5.32 Å². The predicted octanol–water partition coefficient (Wildman–Crippen LogP) is 1.32. The molecule has 0 unspecified atom stereocenters. The Morgan fingerprint density at radius 1 is 1.22 bits per heavy atom. The number of hydrogen-bond acceptors (Lipinski definition) is 5. The quantitative estimate of drug-likeness (QED) is 0.751. The summed E-state index contributed by atoms with van der Waals surface area (Å²) in [6.07, 6.45) is 6.98. The van der Waals surface area contributed by atoms with Crippen molar-refractivity contribution in [3.8, 4) is 0 Å². The smallest absolute Gasteiger partial charge is 0.163 e. The van der Waals surface area contributed by atoms with Crippen LogP contribution in [0.4, 0.5) is 11.5 Å². The Labute approximate surface area is 103 Å². The zero-order valence-corrected chi connectivity index (χ0v) is 10.2. The molecule has 0 aliphatic carbocycles. The minimum Gasteiger partial charge on any atom is -0.337 e. The lowest BCUT2D eigenvalue weighted by molar-refractivity contribution is 0.660. The minimum absolute atomic E-state index is 0.740. The molecule has 0 atom stereocenters. The van der Waals surface area contributed by atoms with E-state index in [0.29, 0.717) is 0 Å². The zero-order valence-electron chi connectivity index (χ0n) is 10.2. The Kier molecular flexibility index (Phi) is 2.44. The fourth-order valence-corrected chi connectivity index (χ4v) is 1.80. The van der Waals surface area contributed by atoms with E-state index in [9.17, 15) is 0 Å². The van der Waals surface area contributed by atoms with Gasteiger partial charge in [-0.25, -0.2) is 9.97 Å². The highest BCUT2D eigenvalue weighted by molar-refractivity contribution is 5.87. The fourth-order valence-electron chi connectivity index (χ4n) is 1.80. The van der Waals surface area contributed by atoms with Gasteiger partial charge in [-0.05, 0) is 6.92 Å². The molecular weight excluding hydrogens is 230 g/mol. The van der Waals surface area contributed by atoms with Gasteiger partial charge in [-0.15, -0.1) is 0 Å². The van der Waals surface area contributed by atoms with E-state index in [1.165, 1.54) is 6.33 Å². The first-order valence-corrected chi connectivity index (χ1v) is 5.70. The van der Waals surface area contributed by atoms with Crippen molar-refractivity contribution in [2.24, 2.45) is 7.05 Å². The topological polar surface area (TPSA) is 73.5 Å². The molecule has 0 spiro atoms. The molecule has 0 saturated carbocycles. The number of nitrogens with zero attached hydrogens (tertiary/aromatic N) is 6. The molecule has 0 saturated heterocycles. The Morgan fingerprint density at radius 2 is 2.11 bits per heavy atom. The third kappa shape index (κ3) is 1.69. The van der Waals surface area contributed by atoms with Crippen LogP contribution in [0.3, 0.4) is 0 Å². The average molecular weight is 243 g/mol. The predicted molar refractivity (Wildman–Crippen MR) is 67.5 cm³/mol. The molecule has 3 heterocycles. The largest absolute Gasteiger partial charge is 0.337 e. The summed E-state index contributed by atoms with van der Waals surface area (Å²) in [5.74, 6) is 0.740. The van der Waals surface area contributed by atoms with Crippen LogP contribution in [0.1, 0.15) is 6.92 Å². The van der Waals surface area contributed by atoms with Gasteiger partial charge in [0.2, 0.25) is 0 Å². The summed E-state index contributed by atoms with van der Waals surface area (Å²) < 4.78 is 3.57. The van der Waals surface area contributed by atoms with Crippen LogP contribution in [0.15, 0.2) is 24.9 Å². The van der Waals surface area contributed by atoms with Crippen LogP contribution in [0.2, 0.25) is 0 Å². The second-order valence-electron chi connectivity index (χ2n) is 3.94. The van der Waals surface area contributed by atoms with Crippen molar-refractivity contribution in [2.45, 2.75) is 13.5 Å². The summed E-state index contributed by atoms with van der Waals surface area (Å²) in [6.45, 7) is 2.88. The zero-order chi connectivity index (χ0) is 12.5. The van der Waals surface area contributed by atoms with Crippen LogP contribution < -0.4 is 5.32 Å². The second-order valence-corrected chi connectivity index (χ2v) is 3.94. The Balaban J connectivity index is 1.99. The molecule has 0 aliphatic heterocycles. The molecule has 0 fully saturated rings. The van der Waals surface area contributed by atoms with Gasteiger partial charge in [0.05, 0.1) is 23.5 Å². The molecule has 92 valence electrons. The van der Waals surface area contributed by atoms with Gasteiger partial charge in [0.25, 0.3) is 0 Å². The lowest BCUT2D eigenvalue weighted by Crippen LogP contribution is -1.96. The van der Waals surface area contributed by atoms with Gasteiger partial charge in [0, 0.05) is 19.8 Å². The van der Waals surface area contributed by atoms with Crippen molar-refractivity contribution < 1.29 is 0 Å². The van der Waals surface area contributed by atoms with Crippen molar-refractivity contribution in [1.29, 1.82) is 0 Å². The van der Waals surface area contributed by atoms with E-state index in [-0.39, 0.29) is 0 Å². The molecule has 0 radical (unpaired) electrons. The maximum Gasteiger partial charge on any atom is 0.163 e. The molecule has 18 heavy (non-hydrogen) atoms. The van der Waals surface area contributed by atoms with Crippen LogP contribution in [0.25, 0.3) is 11.0 Å². The van der Waals surface area contributed by atoms with Gasteiger partial charge >= 0.3 is 0 Å². The first-order chi connectivity index (χ1) is 8.78. The molecule has 0 bridgehead atoms. The molecule has 0 aromatic carbocycles. The highest BCUT2D eigenvalue weighted by Crippen LogP contribution is 2.21. The van der Waals surface area contributed by atoms with Crippen LogP contribution >= 0.6 is 0 Å². The molecule has 7 nitrogen and oxygen atoms in total. The number of nitrogens with one attached hydrogen (secondary N) is 1. The van der Waals surface area contributed by atoms with Crippen LogP contribution in [0, 0.1) is 0 Å². The maximum atomic E-state index is 4.24. The molecule has 0 aliphatic rings. The third-order valence-electron chi connectivity index (χ3n) is 2.75. The van der Waals surface area contributed by atoms with Crippen LogP contribution in [-0.2, 0) is 13.6 Å². The molecule has 1 N–H and O–H groups in total. The van der Waals surface area contributed by atoms with E-state index in [1.54, 1.807) is 17.1 Å². The maximum absolute atomic E-state index is 4.24. The van der Waals surface area contributed by atoms with Crippen molar-refractivity contribution in [1.82, 2.24) is 29.5 Å². The standard InChI is InChI=1S/C11H13N7/c1-3-18-6-8(4-15-18)16-10-9-5-14-17(2)11(9)13-7-12-10/h4-7H,3H2,1-2H3,(H,12,13,16). The lowest BCUT2D eigenvalue weighted by Gasteiger charge is -2.02. The van der Waals surface area contributed by atoms with Gasteiger partial charge in [-0.1, -0.05) is 0 Å². The van der Waals surface area contributed by atoms with Crippen LogP contribution in [0.5, 0.6) is 0 Å². The Morgan fingerprint density at radius 3 is 2.89 bits per heavy atom. The fraction of sp³-hybridized carbons (Fsp3) is 0.273. The van der Waals surface area contributed by atoms with E-state index in [2.05, 4.69) is 25.5 Å². The summed E-state index contributed by atoms with van der Waals surface area (Å²) in [5, 5.41) is 12.5. The van der Waals surface area contributed by atoms with E-state index in [4.69, 9.17) is 0 Å². The monoisotopic (exact) mass is 243 g/mol. The van der Waals surface area contributed by atoms with Gasteiger partial charge in [0.1, 0.15) is 12.1 Å². The van der Waals surface area contributed by atoms with Crippen molar-refractivity contribution in [3.05, 3.63) is 24.9 Å². The summed E-state index contributed by atoms with van der Waals surface area (Å²) >= 11 is 0. The number of rotatable bonds is 3. The molecule has 7 heteroatoms. The highest BCUT2D eigenvalue weighted by atomic mass is 15.3. The Bertz CT molecular complexity index is 682. The number of aryl methyl sites for hydroxylation is 2. The SMILES string of the molecule is CCn1cc(Nc2ncnc3c2cnn3C)cn1. The molecule has 0 amide bonds. The van der Waals surface area contributed by atoms with E-state index >= 15 is 0 Å². The molecule has 3 aromatic rings. The second kappa shape index (κ2) is 4.10. The van der Waals surface area contributed by atoms with Crippen molar-refractivity contribution in [2.75, 3.05) is 5.32 Å². The first-order valence-electron chi connectivity index (χ1n) is 5.70. The third-order valence-corrected chi connectivity index (χ3v) is 2.75. The summed E-state index contributed by atoms with van der Waals surface area (Å²) in [6, 6.07) is 0. The summed E-state index contributed by atoms with van der Waals surface area (Å²) in [7, 11) is 1.86. The van der Waals surface area contributed by atoms with Gasteiger partial charge in [-0.3, -0.25) is 9.36 Å². The number of aromatic nitrogens is 6. The first kappa shape index (κ1) is 10.7. The van der Waals surface area contributed by atoms with Crippen molar-refractivity contribution in [3.63, 3.8) is 0 Å². The van der Waals surface area contributed by atoms with Crippen molar-refractivity contribution >= 4 is 22.5 Å². The van der Waals surface area contributed by atoms with Gasteiger partial charge in [0.15, 0.2) is 5.65 Å².